The van der Waals surface area contributed by atoms with Crippen molar-refractivity contribution in [3.05, 3.63) is 0 Å². The van der Waals surface area contributed by atoms with E-state index >= 15 is 0 Å². The van der Waals surface area contributed by atoms with Crippen LogP contribution in [0.15, 0.2) is 0 Å². The fourth-order valence-electron chi connectivity index (χ4n) is 1.11. The van der Waals surface area contributed by atoms with Gasteiger partial charge in [-0.05, 0) is 0 Å². The van der Waals surface area contributed by atoms with Crippen molar-refractivity contribution in [3.8, 4) is 0 Å². The van der Waals surface area contributed by atoms with Gasteiger partial charge in [-0.25, -0.2) is 0 Å². The normalized spacial score (nSPS) is 14.2. The number of nitrogens with zero attached hydrogens (tertiary/aromatic N) is 1. The second kappa shape index (κ2) is 5.60. The Hall–Kier alpha value is 0.830. The van der Waals surface area contributed by atoms with Gasteiger partial charge in [-0.2, -0.15) is 0 Å². The molecule has 2 heteroatoms. The van der Waals surface area contributed by atoms with Crippen molar-refractivity contribution in [3.63, 3.8) is 0 Å². The minimum absolute atomic E-state index is 0.823. The Bertz CT molecular complexity index is 61.9. The van der Waals surface area contributed by atoms with Gasteiger partial charge < -0.3 is 0 Å². The van der Waals surface area contributed by atoms with Crippen LogP contribution in [0.2, 0.25) is 0 Å². The third-order valence-electron chi connectivity index (χ3n) is 2.03. The van der Waals surface area contributed by atoms with E-state index in [0.717, 1.165) is 28.2 Å². The molecule has 0 saturated heterocycles. The van der Waals surface area contributed by atoms with Crippen molar-refractivity contribution in [2.24, 2.45) is 0 Å². The fraction of sp³-hybridized carbons (Fsp3) is 1.00. The molecule has 9 heavy (non-hydrogen) atoms. The first-order valence-electron chi connectivity index (χ1n) is 4.00. The van der Waals surface area contributed by atoms with Gasteiger partial charge in [-0.3, -0.25) is 0 Å². The van der Waals surface area contributed by atoms with E-state index in [1.807, 2.05) is 0 Å². The first-order chi connectivity index (χ1) is 4.26. The predicted molar refractivity (Wildman–Crippen MR) is 45.5 cm³/mol. The van der Waals surface area contributed by atoms with Gasteiger partial charge in [0.25, 0.3) is 0 Å². The number of rotatable bonds is 4. The predicted octanol–water partition coefficient (Wildman–Crippen LogP) is 0.697. The van der Waals surface area contributed by atoms with Crippen molar-refractivity contribution in [1.29, 1.82) is 0 Å². The molecular weight excluding hydrogens is 213 g/mol. The fourth-order valence-corrected chi connectivity index (χ4v) is 3.19. The molecule has 54 valence electrons. The van der Waals surface area contributed by atoms with Crippen molar-refractivity contribution < 1.29 is 0 Å². The number of hydrogen-bond acceptors (Lipinski definition) is 1. The molecule has 0 heterocycles. The molecule has 0 aliphatic carbocycles. The van der Waals surface area contributed by atoms with Crippen LogP contribution in [-0.2, 0) is 0 Å². The Morgan fingerprint density at radius 1 is 1.22 bits per heavy atom. The van der Waals surface area contributed by atoms with Crippen LogP contribution < -0.4 is 0 Å². The van der Waals surface area contributed by atoms with E-state index in [4.69, 9.17) is 0 Å². The Labute approximate surface area is 73.4 Å². The van der Waals surface area contributed by atoms with E-state index in [1.165, 1.54) is 19.5 Å². The minimum atomic E-state index is 0.823. The maximum absolute atomic E-state index is 2.57. The van der Waals surface area contributed by atoms with Crippen LogP contribution in [0.25, 0.3) is 0 Å². The monoisotopic (exact) mass is 231 g/mol. The summed E-state index contributed by atoms with van der Waals surface area (Å²) in [5.41, 5.74) is 0. The van der Waals surface area contributed by atoms with E-state index < -0.39 is 0 Å². The summed E-state index contributed by atoms with van der Waals surface area (Å²) in [5.74, 6) is 0. The zero-order valence-corrected chi connectivity index (χ0v) is 12.9. The summed E-state index contributed by atoms with van der Waals surface area (Å²) in [6.45, 7) is 9.27. The van der Waals surface area contributed by atoms with E-state index in [0.29, 0.717) is 0 Å². The molecule has 0 amide bonds. The average molecular weight is 231 g/mol. The summed E-state index contributed by atoms with van der Waals surface area (Å²) in [6, 6.07) is 0. The molecule has 0 aromatic rings. The molecule has 0 aromatic heterocycles. The van der Waals surface area contributed by atoms with Gasteiger partial charge in [-0.1, -0.05) is 0 Å². The molecule has 0 bridgehead atoms. The average Bonchev–Trinajstić information content (AvgIpc) is 1.90. The standard InChI is InChI=1S/C7H16N.In.2H/c1-4-7-8(5-2)6-3;;;/h7H,4-6H2,1-3H3;;;. The van der Waals surface area contributed by atoms with Crippen LogP contribution in [0.1, 0.15) is 27.2 Å². The third-order valence-corrected chi connectivity index (χ3v) is 6.44. The molecule has 0 saturated carbocycles. The second-order valence-electron chi connectivity index (χ2n) is 2.48. The molecule has 0 spiro atoms. The summed E-state index contributed by atoms with van der Waals surface area (Å²) in [5, 5.41) is 0. The van der Waals surface area contributed by atoms with Crippen molar-refractivity contribution in [2.75, 3.05) is 13.1 Å². The summed E-state index contributed by atoms with van der Waals surface area (Å²) in [4.78, 5) is 2.57. The van der Waals surface area contributed by atoms with E-state index in [-0.39, 0.29) is 0 Å². The Morgan fingerprint density at radius 3 is 1.78 bits per heavy atom. The maximum atomic E-state index is 2.57. The van der Waals surface area contributed by atoms with Gasteiger partial charge in [-0.15, -0.1) is 0 Å². The summed E-state index contributed by atoms with van der Waals surface area (Å²) < 4.78 is 0.974. The summed E-state index contributed by atoms with van der Waals surface area (Å²) in [7, 11) is 0. The van der Waals surface area contributed by atoms with E-state index in [1.54, 1.807) is 0 Å². The Morgan fingerprint density at radius 2 is 1.67 bits per heavy atom. The molecule has 1 atom stereocenters. The topological polar surface area (TPSA) is 3.24 Å². The second-order valence-corrected chi connectivity index (χ2v) is 6.28. The molecule has 1 unspecified atom stereocenters. The molecule has 0 fully saturated rings. The van der Waals surface area contributed by atoms with Crippen molar-refractivity contribution in [1.82, 2.24) is 4.90 Å². The zero-order valence-electron chi connectivity index (χ0n) is 7.15. The van der Waals surface area contributed by atoms with Crippen molar-refractivity contribution >= 4 is 24.4 Å². The van der Waals surface area contributed by atoms with E-state index in [2.05, 4.69) is 25.7 Å². The Kier molecular flexibility index (Phi) is 6.12. The van der Waals surface area contributed by atoms with Crippen molar-refractivity contribution in [2.45, 2.75) is 31.0 Å². The molecule has 1 nitrogen and oxygen atoms in total. The van der Waals surface area contributed by atoms with Gasteiger partial charge in [0.2, 0.25) is 0 Å². The molecule has 0 N–H and O–H groups in total. The quantitative estimate of drug-likeness (QED) is 0.688. The zero-order chi connectivity index (χ0) is 7.28. The first kappa shape index (κ1) is 9.83. The summed E-state index contributed by atoms with van der Waals surface area (Å²) >= 11 is 0.823. The summed E-state index contributed by atoms with van der Waals surface area (Å²) in [6.07, 6.45) is 1.36. The molecule has 0 radical (unpaired) electrons. The van der Waals surface area contributed by atoms with Crippen LogP contribution in [0.4, 0.5) is 0 Å². The SMILES string of the molecule is CC[CH]([InH2])N(CC)CC. The van der Waals surface area contributed by atoms with Crippen LogP contribution in [0, 0.1) is 0 Å². The van der Waals surface area contributed by atoms with Gasteiger partial charge >= 0.3 is 73.4 Å². The van der Waals surface area contributed by atoms with Crippen LogP contribution in [0.5, 0.6) is 0 Å². The van der Waals surface area contributed by atoms with Gasteiger partial charge in [0.15, 0.2) is 0 Å². The Balaban J connectivity index is 3.50. The van der Waals surface area contributed by atoms with Gasteiger partial charge in [0.05, 0.1) is 0 Å². The van der Waals surface area contributed by atoms with Crippen LogP contribution >= 0.6 is 0 Å². The first-order valence-corrected chi connectivity index (χ1v) is 7.29. The van der Waals surface area contributed by atoms with Gasteiger partial charge in [0, 0.05) is 0 Å². The van der Waals surface area contributed by atoms with Gasteiger partial charge in [0.1, 0.15) is 0 Å². The molecular formula is C7H18InN. The molecule has 0 aliphatic heterocycles. The van der Waals surface area contributed by atoms with Crippen LogP contribution in [-0.4, -0.2) is 46.2 Å². The molecule has 0 aliphatic rings. The van der Waals surface area contributed by atoms with Crippen LogP contribution in [0.3, 0.4) is 0 Å². The number of hydrogen-bond donors (Lipinski definition) is 0. The third kappa shape index (κ3) is 3.51. The van der Waals surface area contributed by atoms with E-state index in [9.17, 15) is 0 Å². The molecule has 0 rings (SSSR count). The molecule has 0 aromatic carbocycles.